The fraction of sp³-hybridized carbons (Fsp3) is 0.286. The van der Waals surface area contributed by atoms with E-state index in [-0.39, 0.29) is 17.6 Å². The van der Waals surface area contributed by atoms with Crippen LogP contribution in [-0.4, -0.2) is 46.5 Å². The van der Waals surface area contributed by atoms with E-state index >= 15 is 0 Å². The Balaban J connectivity index is 1.56. The lowest BCUT2D eigenvalue weighted by Crippen LogP contribution is -2.40. The molecule has 1 aliphatic heterocycles. The van der Waals surface area contributed by atoms with Gasteiger partial charge in [0.2, 0.25) is 0 Å². The van der Waals surface area contributed by atoms with Gasteiger partial charge in [0.05, 0.1) is 34.3 Å². The van der Waals surface area contributed by atoms with Gasteiger partial charge in [-0.3, -0.25) is 9.36 Å². The van der Waals surface area contributed by atoms with Crippen LogP contribution in [0.15, 0.2) is 41.2 Å². The van der Waals surface area contributed by atoms with Crippen molar-refractivity contribution in [3.8, 4) is 0 Å². The minimum absolute atomic E-state index is 0.0936. The van der Waals surface area contributed by atoms with Crippen molar-refractivity contribution in [1.29, 1.82) is 0 Å². The molecule has 1 N–H and O–H groups in total. The molecule has 0 saturated carbocycles. The third kappa shape index (κ3) is 3.70. The van der Waals surface area contributed by atoms with Gasteiger partial charge in [-0.2, -0.15) is 0 Å². The minimum atomic E-state index is -0.461. The number of hydrogen-bond donors (Lipinski definition) is 1. The number of aromatic amines is 1. The van der Waals surface area contributed by atoms with E-state index in [9.17, 15) is 14.4 Å². The highest BCUT2D eigenvalue weighted by atomic mass is 35.5. The number of piperidine rings is 1. The molecule has 30 heavy (non-hydrogen) atoms. The van der Waals surface area contributed by atoms with Crippen LogP contribution in [0, 0.1) is 0 Å². The Labute approximate surface area is 182 Å². The number of likely N-dealkylation sites (tertiary alicyclic amines) is 1. The molecule has 4 rings (SSSR count). The van der Waals surface area contributed by atoms with Crippen molar-refractivity contribution >= 4 is 46.1 Å². The Morgan fingerprint density at radius 1 is 1.10 bits per heavy atom. The normalized spacial score (nSPS) is 14.8. The van der Waals surface area contributed by atoms with E-state index in [0.717, 1.165) is 0 Å². The predicted molar refractivity (Wildman–Crippen MR) is 115 cm³/mol. The smallest absolute Gasteiger partial charge is 0.337 e. The predicted octanol–water partition coefficient (Wildman–Crippen LogP) is 3.90. The molecule has 1 fully saturated rings. The molecule has 0 atom stereocenters. The highest BCUT2D eigenvalue weighted by Crippen LogP contribution is 2.28. The molecule has 2 heterocycles. The second-order valence-electron chi connectivity index (χ2n) is 7.17. The quantitative estimate of drug-likeness (QED) is 0.616. The molecule has 0 aliphatic carbocycles. The molecule has 156 valence electrons. The van der Waals surface area contributed by atoms with Crippen molar-refractivity contribution in [2.24, 2.45) is 0 Å². The Bertz CT molecular complexity index is 1190. The topological polar surface area (TPSA) is 84.4 Å². The monoisotopic (exact) mass is 447 g/mol. The van der Waals surface area contributed by atoms with Crippen LogP contribution in [0.1, 0.15) is 39.6 Å². The summed E-state index contributed by atoms with van der Waals surface area (Å²) in [6, 6.07) is 9.68. The number of carbonyl (C=O) groups excluding carboxylic acids is 2. The highest BCUT2D eigenvalue weighted by molar-refractivity contribution is 6.36. The molecule has 0 bridgehead atoms. The lowest BCUT2D eigenvalue weighted by molar-refractivity contribution is 0.0600. The number of aromatic nitrogens is 2. The standard InChI is InChI=1S/C21H19Cl2N3O4/c1-30-20(28)12-2-5-17-18(10-12)26(21(29)24-17)14-6-8-25(9-7-14)19(27)15-4-3-13(22)11-16(15)23/h2-5,10-11,14H,6-9H2,1H3,(H,24,29). The van der Waals surface area contributed by atoms with Crippen LogP contribution in [0.2, 0.25) is 10.0 Å². The number of hydrogen-bond acceptors (Lipinski definition) is 4. The number of fused-ring (bicyclic) bond motifs is 1. The van der Waals surface area contributed by atoms with E-state index < -0.39 is 5.97 Å². The van der Waals surface area contributed by atoms with Crippen molar-refractivity contribution < 1.29 is 14.3 Å². The lowest BCUT2D eigenvalue weighted by atomic mass is 10.0. The van der Waals surface area contributed by atoms with Crippen LogP contribution < -0.4 is 5.69 Å². The fourth-order valence-corrected chi connectivity index (χ4v) is 4.38. The Hall–Kier alpha value is -2.77. The number of nitrogens with one attached hydrogen (secondary N) is 1. The van der Waals surface area contributed by atoms with Gasteiger partial charge in [-0.15, -0.1) is 0 Å². The molecule has 0 spiro atoms. The molecule has 3 aromatic rings. The second-order valence-corrected chi connectivity index (χ2v) is 8.01. The van der Waals surface area contributed by atoms with Gasteiger partial charge in [0.1, 0.15) is 0 Å². The number of halogens is 2. The SMILES string of the molecule is COC(=O)c1ccc2[nH]c(=O)n(C3CCN(C(=O)c4ccc(Cl)cc4Cl)CC3)c2c1. The van der Waals surface area contributed by atoms with Crippen molar-refractivity contribution in [1.82, 2.24) is 14.5 Å². The zero-order valence-electron chi connectivity index (χ0n) is 16.2. The van der Waals surface area contributed by atoms with Crippen molar-refractivity contribution in [2.45, 2.75) is 18.9 Å². The Morgan fingerprint density at radius 3 is 2.50 bits per heavy atom. The third-order valence-electron chi connectivity index (χ3n) is 5.42. The molecule has 1 aromatic heterocycles. The number of esters is 1. The van der Waals surface area contributed by atoms with E-state index in [1.165, 1.54) is 7.11 Å². The number of H-pyrrole nitrogens is 1. The third-order valence-corrected chi connectivity index (χ3v) is 5.96. The van der Waals surface area contributed by atoms with Gasteiger partial charge in [0.15, 0.2) is 0 Å². The minimum Gasteiger partial charge on any atom is -0.465 e. The summed E-state index contributed by atoms with van der Waals surface area (Å²) >= 11 is 12.1. The van der Waals surface area contributed by atoms with Crippen molar-refractivity contribution in [3.63, 3.8) is 0 Å². The molecule has 9 heteroatoms. The first kappa shape index (κ1) is 20.5. The molecule has 2 aromatic carbocycles. The molecular formula is C21H19Cl2N3O4. The fourth-order valence-electron chi connectivity index (χ4n) is 3.89. The maximum atomic E-state index is 12.8. The summed E-state index contributed by atoms with van der Waals surface area (Å²) in [5, 5.41) is 0.790. The molecule has 0 unspecified atom stereocenters. The van der Waals surface area contributed by atoms with Crippen LogP contribution >= 0.6 is 23.2 Å². The molecule has 1 aliphatic rings. The average molecular weight is 448 g/mol. The molecule has 1 amide bonds. The van der Waals surface area contributed by atoms with E-state index in [1.807, 2.05) is 0 Å². The van der Waals surface area contributed by atoms with Gasteiger partial charge in [-0.1, -0.05) is 23.2 Å². The van der Waals surface area contributed by atoms with E-state index in [2.05, 4.69) is 4.98 Å². The molecule has 7 nitrogen and oxygen atoms in total. The van der Waals surface area contributed by atoms with Crippen molar-refractivity contribution in [3.05, 3.63) is 68.1 Å². The van der Waals surface area contributed by atoms with Crippen molar-refractivity contribution in [2.75, 3.05) is 20.2 Å². The number of nitrogens with zero attached hydrogens (tertiary/aromatic N) is 2. The maximum absolute atomic E-state index is 12.8. The van der Waals surface area contributed by atoms with E-state index in [4.69, 9.17) is 27.9 Å². The maximum Gasteiger partial charge on any atom is 0.337 e. The van der Waals surface area contributed by atoms with Crippen LogP contribution in [0.5, 0.6) is 0 Å². The molecular weight excluding hydrogens is 429 g/mol. The summed E-state index contributed by atoms with van der Waals surface area (Å²) in [5.74, 6) is -0.619. The average Bonchev–Trinajstić information content (AvgIpc) is 3.07. The Kier molecular flexibility index (Phi) is 5.58. The van der Waals surface area contributed by atoms with Crippen LogP contribution in [-0.2, 0) is 4.74 Å². The van der Waals surface area contributed by atoms with Crippen LogP contribution in [0.4, 0.5) is 0 Å². The van der Waals surface area contributed by atoms with Gasteiger partial charge in [0, 0.05) is 24.2 Å². The first-order chi connectivity index (χ1) is 14.4. The summed E-state index contributed by atoms with van der Waals surface area (Å²) < 4.78 is 6.44. The first-order valence-corrected chi connectivity index (χ1v) is 10.2. The van der Waals surface area contributed by atoms with Crippen LogP contribution in [0.25, 0.3) is 11.0 Å². The van der Waals surface area contributed by atoms with Crippen LogP contribution in [0.3, 0.4) is 0 Å². The van der Waals surface area contributed by atoms with Gasteiger partial charge in [-0.25, -0.2) is 9.59 Å². The van der Waals surface area contributed by atoms with Gasteiger partial charge < -0.3 is 14.6 Å². The number of methoxy groups -OCH3 is 1. The van der Waals surface area contributed by atoms with Gasteiger partial charge >= 0.3 is 11.7 Å². The number of benzene rings is 2. The van der Waals surface area contributed by atoms with Gasteiger partial charge in [-0.05, 0) is 49.2 Å². The summed E-state index contributed by atoms with van der Waals surface area (Å²) in [4.78, 5) is 41.8. The molecule has 0 radical (unpaired) electrons. The Morgan fingerprint density at radius 2 is 1.83 bits per heavy atom. The lowest BCUT2D eigenvalue weighted by Gasteiger charge is -2.32. The number of imidazole rings is 1. The summed E-state index contributed by atoms with van der Waals surface area (Å²) in [5.41, 5.74) is 1.85. The largest absolute Gasteiger partial charge is 0.465 e. The van der Waals surface area contributed by atoms with E-state index in [1.54, 1.807) is 45.9 Å². The molecule has 1 saturated heterocycles. The zero-order valence-corrected chi connectivity index (χ0v) is 17.7. The summed E-state index contributed by atoms with van der Waals surface area (Å²) in [6.45, 7) is 0.969. The number of ether oxygens (including phenoxy) is 1. The number of amides is 1. The zero-order chi connectivity index (χ0) is 21.4. The van der Waals surface area contributed by atoms with E-state index in [0.29, 0.717) is 58.1 Å². The summed E-state index contributed by atoms with van der Waals surface area (Å²) in [7, 11) is 1.32. The first-order valence-electron chi connectivity index (χ1n) is 9.46. The van der Waals surface area contributed by atoms with Gasteiger partial charge in [0.25, 0.3) is 5.91 Å². The number of carbonyl (C=O) groups is 2. The summed E-state index contributed by atoms with van der Waals surface area (Å²) in [6.07, 6.45) is 1.21. The highest BCUT2D eigenvalue weighted by Gasteiger charge is 2.27. The number of rotatable bonds is 3. The second kappa shape index (κ2) is 8.16.